The summed E-state index contributed by atoms with van der Waals surface area (Å²) in [4.78, 5) is 13.0. The summed E-state index contributed by atoms with van der Waals surface area (Å²) in [6.45, 7) is 6.23. The first-order valence-electron chi connectivity index (χ1n) is 5.57. The van der Waals surface area contributed by atoms with Gasteiger partial charge in [-0.2, -0.15) is 0 Å². The average Bonchev–Trinajstić information content (AvgIpc) is 2.14. The van der Waals surface area contributed by atoms with E-state index in [1.165, 1.54) is 4.90 Å². The molecule has 1 fully saturated rings. The first kappa shape index (κ1) is 14.2. The first-order chi connectivity index (χ1) is 7.59. The van der Waals surface area contributed by atoms with E-state index in [1.807, 2.05) is 0 Å². The molecule has 1 atom stereocenters. The van der Waals surface area contributed by atoms with Crippen molar-refractivity contribution in [3.05, 3.63) is 0 Å². The van der Waals surface area contributed by atoms with Crippen LogP contribution in [-0.2, 0) is 9.47 Å². The van der Waals surface area contributed by atoms with Gasteiger partial charge in [-0.3, -0.25) is 0 Å². The zero-order chi connectivity index (χ0) is 13.3. The van der Waals surface area contributed by atoms with Crippen LogP contribution in [0.25, 0.3) is 0 Å². The Kier molecular flexibility index (Phi) is 3.96. The van der Waals surface area contributed by atoms with Gasteiger partial charge in [-0.15, -0.1) is 0 Å². The van der Waals surface area contributed by atoms with Gasteiger partial charge in [0.25, 0.3) is 5.92 Å². The predicted octanol–water partition coefficient (Wildman–Crippen LogP) is 2.28. The van der Waals surface area contributed by atoms with Gasteiger partial charge in [0, 0.05) is 13.5 Å². The molecule has 0 saturated carbocycles. The highest BCUT2D eigenvalue weighted by Crippen LogP contribution is 2.24. The Hall–Kier alpha value is -0.910. The van der Waals surface area contributed by atoms with Crippen molar-refractivity contribution in [3.63, 3.8) is 0 Å². The number of alkyl halides is 2. The molecule has 0 aliphatic carbocycles. The molecule has 1 heterocycles. The molecule has 17 heavy (non-hydrogen) atoms. The zero-order valence-corrected chi connectivity index (χ0v) is 10.6. The molecular formula is C11H19F2NO3. The Balaban J connectivity index is 2.58. The molecule has 1 saturated heterocycles. The number of rotatable bonds is 1. The molecule has 0 N–H and O–H groups in total. The van der Waals surface area contributed by atoms with Crippen LogP contribution in [-0.4, -0.2) is 48.3 Å². The Labute approximate surface area is 99.9 Å². The molecule has 0 aromatic heterocycles. The van der Waals surface area contributed by atoms with E-state index in [4.69, 9.17) is 9.47 Å². The van der Waals surface area contributed by atoms with Crippen molar-refractivity contribution in [1.82, 2.24) is 4.90 Å². The smallest absolute Gasteiger partial charge is 0.410 e. The minimum absolute atomic E-state index is 0.105. The van der Waals surface area contributed by atoms with Crippen LogP contribution in [0.5, 0.6) is 0 Å². The van der Waals surface area contributed by atoms with Crippen LogP contribution in [0, 0.1) is 0 Å². The quantitative estimate of drug-likeness (QED) is 0.717. The molecule has 4 nitrogen and oxygen atoms in total. The van der Waals surface area contributed by atoms with Gasteiger partial charge >= 0.3 is 6.09 Å². The fourth-order valence-corrected chi connectivity index (χ4v) is 1.45. The summed E-state index contributed by atoms with van der Waals surface area (Å²) < 4.78 is 36.2. The summed E-state index contributed by atoms with van der Waals surface area (Å²) in [7, 11) is 0. The minimum Gasteiger partial charge on any atom is -0.444 e. The standard InChI is InChI=1S/C11H19F2NO3/c1-10(2,3)17-9(15)14-5-6-16-8(7-14)11(4,12)13/h8H,5-7H2,1-4H3. The second-order valence-electron chi connectivity index (χ2n) is 5.24. The summed E-state index contributed by atoms with van der Waals surface area (Å²) in [5, 5.41) is 0. The van der Waals surface area contributed by atoms with E-state index >= 15 is 0 Å². The highest BCUT2D eigenvalue weighted by molar-refractivity contribution is 5.68. The molecular weight excluding hydrogens is 232 g/mol. The molecule has 0 radical (unpaired) electrons. The molecule has 1 unspecified atom stereocenters. The van der Waals surface area contributed by atoms with Gasteiger partial charge in [0.15, 0.2) is 0 Å². The lowest BCUT2D eigenvalue weighted by atomic mass is 10.1. The van der Waals surface area contributed by atoms with E-state index in [1.54, 1.807) is 20.8 Å². The number of ether oxygens (including phenoxy) is 2. The molecule has 6 heteroatoms. The van der Waals surface area contributed by atoms with E-state index in [9.17, 15) is 13.6 Å². The lowest BCUT2D eigenvalue weighted by Gasteiger charge is -2.36. The van der Waals surface area contributed by atoms with E-state index in [2.05, 4.69) is 0 Å². The van der Waals surface area contributed by atoms with Gasteiger partial charge in [0.2, 0.25) is 0 Å². The monoisotopic (exact) mass is 251 g/mol. The van der Waals surface area contributed by atoms with Gasteiger partial charge in [0.05, 0.1) is 13.2 Å². The number of carbonyl (C=O) groups excluding carboxylic acids is 1. The highest BCUT2D eigenvalue weighted by Gasteiger charge is 2.40. The third-order valence-electron chi connectivity index (χ3n) is 2.28. The first-order valence-corrected chi connectivity index (χ1v) is 5.57. The van der Waals surface area contributed by atoms with Crippen LogP contribution >= 0.6 is 0 Å². The normalized spacial score (nSPS) is 22.5. The van der Waals surface area contributed by atoms with E-state index in [0.717, 1.165) is 6.92 Å². The van der Waals surface area contributed by atoms with E-state index in [-0.39, 0.29) is 19.7 Å². The number of amides is 1. The fraction of sp³-hybridized carbons (Fsp3) is 0.909. The Bertz CT molecular complexity index is 283. The van der Waals surface area contributed by atoms with Crippen molar-refractivity contribution >= 4 is 6.09 Å². The van der Waals surface area contributed by atoms with Crippen molar-refractivity contribution in [2.75, 3.05) is 19.7 Å². The highest BCUT2D eigenvalue weighted by atomic mass is 19.3. The van der Waals surface area contributed by atoms with Crippen LogP contribution in [0.1, 0.15) is 27.7 Å². The largest absolute Gasteiger partial charge is 0.444 e. The topological polar surface area (TPSA) is 38.8 Å². The maximum Gasteiger partial charge on any atom is 0.410 e. The molecule has 1 aliphatic heterocycles. The Morgan fingerprint density at radius 2 is 1.94 bits per heavy atom. The summed E-state index contributed by atoms with van der Waals surface area (Å²) in [6.07, 6.45) is -1.83. The van der Waals surface area contributed by atoms with Crippen LogP contribution < -0.4 is 0 Å². The van der Waals surface area contributed by atoms with Crippen LogP contribution in [0.4, 0.5) is 13.6 Å². The second-order valence-corrected chi connectivity index (χ2v) is 5.24. The second kappa shape index (κ2) is 4.76. The van der Waals surface area contributed by atoms with Gasteiger partial charge < -0.3 is 14.4 Å². The molecule has 1 aliphatic rings. The number of hydrogen-bond donors (Lipinski definition) is 0. The molecule has 0 aromatic rings. The Morgan fingerprint density at radius 1 is 1.35 bits per heavy atom. The van der Waals surface area contributed by atoms with Crippen LogP contribution in [0.2, 0.25) is 0 Å². The number of nitrogens with zero attached hydrogens (tertiary/aromatic N) is 1. The van der Waals surface area contributed by atoms with Gasteiger partial charge in [-0.05, 0) is 20.8 Å². The van der Waals surface area contributed by atoms with Crippen molar-refractivity contribution in [2.24, 2.45) is 0 Å². The molecule has 0 bridgehead atoms. The van der Waals surface area contributed by atoms with E-state index in [0.29, 0.717) is 0 Å². The average molecular weight is 251 g/mol. The number of halogens is 2. The van der Waals surface area contributed by atoms with Crippen molar-refractivity contribution in [3.8, 4) is 0 Å². The summed E-state index contributed by atoms with van der Waals surface area (Å²) >= 11 is 0. The molecule has 0 aromatic carbocycles. The number of carbonyl (C=O) groups is 1. The lowest BCUT2D eigenvalue weighted by Crippen LogP contribution is -2.52. The van der Waals surface area contributed by atoms with Crippen molar-refractivity contribution < 1.29 is 23.0 Å². The van der Waals surface area contributed by atoms with Gasteiger partial charge in [-0.25, -0.2) is 13.6 Å². The van der Waals surface area contributed by atoms with Crippen LogP contribution in [0.15, 0.2) is 0 Å². The third kappa shape index (κ3) is 4.46. The third-order valence-corrected chi connectivity index (χ3v) is 2.28. The van der Waals surface area contributed by atoms with Gasteiger partial charge in [-0.1, -0.05) is 0 Å². The van der Waals surface area contributed by atoms with Gasteiger partial charge in [0.1, 0.15) is 11.7 Å². The number of morpholine rings is 1. The molecule has 100 valence electrons. The van der Waals surface area contributed by atoms with Crippen LogP contribution in [0.3, 0.4) is 0 Å². The summed E-state index contributed by atoms with van der Waals surface area (Å²) in [5.74, 6) is -2.96. The minimum atomic E-state index is -2.96. The van der Waals surface area contributed by atoms with Crippen molar-refractivity contribution in [1.29, 1.82) is 0 Å². The SMILES string of the molecule is CC(C)(C)OC(=O)N1CCOC(C(C)(F)F)C1. The molecule has 1 amide bonds. The van der Waals surface area contributed by atoms with Crippen molar-refractivity contribution in [2.45, 2.75) is 45.3 Å². The fourth-order valence-electron chi connectivity index (χ4n) is 1.45. The van der Waals surface area contributed by atoms with E-state index < -0.39 is 23.7 Å². The zero-order valence-electron chi connectivity index (χ0n) is 10.6. The summed E-state index contributed by atoms with van der Waals surface area (Å²) in [5.41, 5.74) is -0.625. The molecule has 0 spiro atoms. The molecule has 1 rings (SSSR count). The number of hydrogen-bond acceptors (Lipinski definition) is 3. The Morgan fingerprint density at radius 3 is 2.41 bits per heavy atom. The lowest BCUT2D eigenvalue weighted by molar-refractivity contribution is -0.154. The maximum absolute atomic E-state index is 13.1. The predicted molar refractivity (Wildman–Crippen MR) is 58.2 cm³/mol. The summed E-state index contributed by atoms with van der Waals surface area (Å²) in [6, 6.07) is 0. The maximum atomic E-state index is 13.1.